The highest BCUT2D eigenvalue weighted by Crippen LogP contribution is 2.26. The second-order valence-corrected chi connectivity index (χ2v) is 6.88. The molecule has 7 heteroatoms. The molecule has 29 heavy (non-hydrogen) atoms. The number of hydrogen-bond acceptors (Lipinski definition) is 4. The predicted molar refractivity (Wildman–Crippen MR) is 108 cm³/mol. The number of aliphatic carboxylic acids is 2. The third-order valence-electron chi connectivity index (χ3n) is 4.84. The summed E-state index contributed by atoms with van der Waals surface area (Å²) in [5.74, 6) is -2.62. The van der Waals surface area contributed by atoms with Gasteiger partial charge in [0, 0.05) is 6.54 Å². The number of carbonyl (C=O) groups is 2. The van der Waals surface area contributed by atoms with Gasteiger partial charge in [0.2, 0.25) is 0 Å². The first-order valence-corrected chi connectivity index (χ1v) is 9.65. The Bertz CT molecular complexity index is 984. The Hall–Kier alpha value is -3.35. The van der Waals surface area contributed by atoms with E-state index in [4.69, 9.17) is 24.5 Å². The van der Waals surface area contributed by atoms with Crippen molar-refractivity contribution in [2.75, 3.05) is 6.61 Å². The molecule has 0 atom stereocenters. The summed E-state index contributed by atoms with van der Waals surface area (Å²) < 4.78 is 8.14. The molecule has 152 valence electrons. The molecule has 0 amide bonds. The molecule has 0 saturated carbocycles. The van der Waals surface area contributed by atoms with Gasteiger partial charge < -0.3 is 19.5 Å². The molecule has 1 heterocycles. The molecule has 0 bridgehead atoms. The van der Waals surface area contributed by atoms with E-state index < -0.39 is 11.9 Å². The molecule has 0 aliphatic heterocycles. The maximum absolute atomic E-state index is 9.10. The Morgan fingerprint density at radius 2 is 1.76 bits per heavy atom. The fourth-order valence-electron chi connectivity index (χ4n) is 3.40. The minimum atomic E-state index is -1.82. The largest absolute Gasteiger partial charge is 0.494 e. The molecule has 0 unspecified atom stereocenters. The Kier molecular flexibility index (Phi) is 6.84. The van der Waals surface area contributed by atoms with Gasteiger partial charge in [0.25, 0.3) is 0 Å². The highest BCUT2D eigenvalue weighted by Gasteiger charge is 2.11. The van der Waals surface area contributed by atoms with Gasteiger partial charge >= 0.3 is 11.9 Å². The van der Waals surface area contributed by atoms with E-state index in [1.54, 1.807) is 0 Å². The predicted octanol–water partition coefficient (Wildman–Crippen LogP) is 3.54. The molecule has 1 aliphatic rings. The number of fused-ring (bicyclic) bond motifs is 2. The number of para-hydroxylation sites is 2. The number of aryl methyl sites for hydroxylation is 3. The van der Waals surface area contributed by atoms with Crippen molar-refractivity contribution < 1.29 is 24.5 Å². The molecule has 0 fully saturated rings. The second kappa shape index (κ2) is 9.73. The Balaban J connectivity index is 0.000000353. The van der Waals surface area contributed by atoms with Crippen LogP contribution in [-0.2, 0) is 29.0 Å². The minimum absolute atomic E-state index is 0.783. The van der Waals surface area contributed by atoms with Gasteiger partial charge in [-0.3, -0.25) is 0 Å². The van der Waals surface area contributed by atoms with E-state index in [0.29, 0.717) is 0 Å². The SMILES string of the molecule is O=C(O)C(=O)O.c1ccc2c(c1)ncn2CCCCOc1ccc2c(c1)CCC2. The maximum Gasteiger partial charge on any atom is 0.414 e. The number of benzene rings is 2. The summed E-state index contributed by atoms with van der Waals surface area (Å²) in [5, 5.41) is 14.8. The van der Waals surface area contributed by atoms with Gasteiger partial charge in [0.15, 0.2) is 0 Å². The lowest BCUT2D eigenvalue weighted by molar-refractivity contribution is -0.159. The summed E-state index contributed by atoms with van der Waals surface area (Å²) in [6.45, 7) is 1.78. The monoisotopic (exact) mass is 396 g/mol. The average molecular weight is 396 g/mol. The maximum atomic E-state index is 9.10. The van der Waals surface area contributed by atoms with E-state index >= 15 is 0 Å². The first-order valence-electron chi connectivity index (χ1n) is 9.65. The lowest BCUT2D eigenvalue weighted by Gasteiger charge is -2.09. The molecule has 7 nitrogen and oxygen atoms in total. The molecule has 0 saturated heterocycles. The summed E-state index contributed by atoms with van der Waals surface area (Å²) in [6.07, 6.45) is 7.83. The van der Waals surface area contributed by atoms with Crippen LogP contribution in [0.5, 0.6) is 5.75 Å². The number of carboxylic acid groups (broad SMARTS) is 2. The van der Waals surface area contributed by atoms with Gasteiger partial charge in [-0.1, -0.05) is 18.2 Å². The highest BCUT2D eigenvalue weighted by atomic mass is 16.5. The first-order chi connectivity index (χ1) is 14.0. The zero-order chi connectivity index (χ0) is 20.6. The summed E-state index contributed by atoms with van der Waals surface area (Å²) in [4.78, 5) is 22.6. The Labute approximate surface area is 168 Å². The standard InChI is InChI=1S/C20H22N2O.C2H2O4/c1-2-9-20-19(8-1)21-15-22(20)12-3-4-13-23-18-11-10-16-6-5-7-17(16)14-18;3-1(4)2(5)6/h1-2,8-11,14-15H,3-7,12-13H2;(H,3,4)(H,5,6). The second-order valence-electron chi connectivity index (χ2n) is 6.88. The van der Waals surface area contributed by atoms with E-state index in [-0.39, 0.29) is 0 Å². The number of hydrogen-bond donors (Lipinski definition) is 2. The van der Waals surface area contributed by atoms with Crippen molar-refractivity contribution in [2.24, 2.45) is 0 Å². The number of aromatic nitrogens is 2. The van der Waals surface area contributed by atoms with Crippen molar-refractivity contribution in [1.82, 2.24) is 9.55 Å². The van der Waals surface area contributed by atoms with E-state index in [1.165, 1.54) is 35.9 Å². The quantitative estimate of drug-likeness (QED) is 0.488. The fourth-order valence-corrected chi connectivity index (χ4v) is 3.40. The van der Waals surface area contributed by atoms with Gasteiger partial charge in [0.05, 0.1) is 24.0 Å². The number of ether oxygens (including phenoxy) is 1. The summed E-state index contributed by atoms with van der Waals surface area (Å²) in [5.41, 5.74) is 5.27. The number of rotatable bonds is 6. The van der Waals surface area contributed by atoms with Crippen molar-refractivity contribution in [3.63, 3.8) is 0 Å². The van der Waals surface area contributed by atoms with Crippen molar-refractivity contribution in [3.05, 3.63) is 59.9 Å². The van der Waals surface area contributed by atoms with E-state index in [9.17, 15) is 0 Å². The summed E-state index contributed by atoms with van der Waals surface area (Å²) in [6, 6.07) is 14.9. The van der Waals surface area contributed by atoms with Gasteiger partial charge in [-0.25, -0.2) is 14.6 Å². The van der Waals surface area contributed by atoms with Crippen molar-refractivity contribution in [1.29, 1.82) is 0 Å². The van der Waals surface area contributed by atoms with E-state index in [0.717, 1.165) is 37.3 Å². The first kappa shape index (κ1) is 20.4. The molecule has 2 N–H and O–H groups in total. The van der Waals surface area contributed by atoms with Crippen LogP contribution in [0.2, 0.25) is 0 Å². The molecular weight excluding hydrogens is 372 g/mol. The van der Waals surface area contributed by atoms with Crippen molar-refractivity contribution in [3.8, 4) is 5.75 Å². The lowest BCUT2D eigenvalue weighted by atomic mass is 10.1. The zero-order valence-electron chi connectivity index (χ0n) is 16.1. The van der Waals surface area contributed by atoms with E-state index in [2.05, 4.69) is 45.9 Å². The van der Waals surface area contributed by atoms with Crippen LogP contribution < -0.4 is 4.74 Å². The summed E-state index contributed by atoms with van der Waals surface area (Å²) in [7, 11) is 0. The van der Waals surface area contributed by atoms with Crippen LogP contribution >= 0.6 is 0 Å². The minimum Gasteiger partial charge on any atom is -0.494 e. The third kappa shape index (κ3) is 5.57. The van der Waals surface area contributed by atoms with Gasteiger partial charge in [-0.2, -0.15) is 0 Å². The van der Waals surface area contributed by atoms with Crippen molar-refractivity contribution in [2.45, 2.75) is 38.6 Å². The molecular formula is C22H24N2O5. The number of imidazole rings is 1. The molecule has 4 rings (SSSR count). The normalized spacial score (nSPS) is 12.1. The van der Waals surface area contributed by atoms with Crippen LogP contribution in [0, 0.1) is 0 Å². The van der Waals surface area contributed by atoms with Gasteiger partial charge in [-0.05, 0) is 67.5 Å². The highest BCUT2D eigenvalue weighted by molar-refractivity contribution is 6.27. The van der Waals surface area contributed by atoms with Gasteiger partial charge in [-0.15, -0.1) is 0 Å². The van der Waals surface area contributed by atoms with E-state index in [1.807, 2.05) is 12.4 Å². The Morgan fingerprint density at radius 1 is 1.00 bits per heavy atom. The molecule has 2 aromatic carbocycles. The van der Waals surface area contributed by atoms with Gasteiger partial charge in [0.1, 0.15) is 5.75 Å². The smallest absolute Gasteiger partial charge is 0.414 e. The zero-order valence-corrected chi connectivity index (χ0v) is 16.1. The van der Waals surface area contributed by atoms with Crippen LogP contribution in [0.15, 0.2) is 48.8 Å². The molecule has 1 aromatic heterocycles. The third-order valence-corrected chi connectivity index (χ3v) is 4.84. The fraction of sp³-hybridized carbons (Fsp3) is 0.318. The summed E-state index contributed by atoms with van der Waals surface area (Å²) >= 11 is 0. The number of carboxylic acids is 2. The lowest BCUT2D eigenvalue weighted by Crippen LogP contribution is -2.09. The number of unbranched alkanes of at least 4 members (excludes halogenated alkanes) is 1. The molecule has 3 aromatic rings. The topological polar surface area (TPSA) is 102 Å². The van der Waals surface area contributed by atoms with Crippen LogP contribution in [-0.4, -0.2) is 38.3 Å². The molecule has 1 aliphatic carbocycles. The average Bonchev–Trinajstić information content (AvgIpc) is 3.34. The number of nitrogens with zero attached hydrogens (tertiary/aromatic N) is 2. The van der Waals surface area contributed by atoms with Crippen LogP contribution in [0.1, 0.15) is 30.4 Å². The van der Waals surface area contributed by atoms with Crippen LogP contribution in [0.3, 0.4) is 0 Å². The molecule has 0 radical (unpaired) electrons. The Morgan fingerprint density at radius 3 is 2.55 bits per heavy atom. The molecule has 0 spiro atoms. The van der Waals surface area contributed by atoms with Crippen LogP contribution in [0.25, 0.3) is 11.0 Å². The van der Waals surface area contributed by atoms with Crippen LogP contribution in [0.4, 0.5) is 0 Å². The van der Waals surface area contributed by atoms with Crippen molar-refractivity contribution >= 4 is 23.0 Å².